The van der Waals surface area contributed by atoms with Gasteiger partial charge in [-0.05, 0) is 37.5 Å². The molecule has 4 atom stereocenters. The first-order valence-electron chi connectivity index (χ1n) is 12.5. The zero-order valence-corrected chi connectivity index (χ0v) is 22.5. The van der Waals surface area contributed by atoms with Crippen LogP contribution in [0, 0.1) is 11.8 Å². The van der Waals surface area contributed by atoms with E-state index in [1.165, 1.54) is 0 Å². The second-order valence-corrected chi connectivity index (χ2v) is 9.80. The molecule has 0 aliphatic carbocycles. The van der Waals surface area contributed by atoms with Gasteiger partial charge in [0.15, 0.2) is 5.96 Å². The highest BCUT2D eigenvalue weighted by atomic mass is 16.4. The molecule has 15 nitrogen and oxygen atoms in total. The lowest BCUT2D eigenvalue weighted by atomic mass is 10.0. The van der Waals surface area contributed by atoms with Gasteiger partial charge in [-0.2, -0.15) is 0 Å². The van der Waals surface area contributed by atoms with Gasteiger partial charge in [0.25, 0.3) is 0 Å². The van der Waals surface area contributed by atoms with Crippen LogP contribution in [0.25, 0.3) is 0 Å². The van der Waals surface area contributed by atoms with Crippen molar-refractivity contribution < 1.29 is 34.2 Å². The molecular weight excluding hydrogens is 500 g/mol. The third-order valence-electron chi connectivity index (χ3n) is 5.22. The molecule has 0 heterocycles. The number of carbonyl (C=O) groups is 5. The number of aliphatic carboxylic acids is 1. The Morgan fingerprint density at radius 2 is 1.37 bits per heavy atom. The molecule has 12 N–H and O–H groups in total. The van der Waals surface area contributed by atoms with Crippen LogP contribution in [0.3, 0.4) is 0 Å². The van der Waals surface area contributed by atoms with Gasteiger partial charge in [0, 0.05) is 6.54 Å². The molecule has 0 aromatic heterocycles. The zero-order chi connectivity index (χ0) is 29.4. The summed E-state index contributed by atoms with van der Waals surface area (Å²) in [6.45, 7) is 6.28. The number of nitrogens with one attached hydrogen (secondary N) is 4. The summed E-state index contributed by atoms with van der Waals surface area (Å²) in [5.74, 6) is -4.14. The van der Waals surface area contributed by atoms with Gasteiger partial charge in [0.1, 0.15) is 18.1 Å². The van der Waals surface area contributed by atoms with Gasteiger partial charge >= 0.3 is 5.97 Å². The molecule has 0 bridgehead atoms. The number of aliphatic imine (C=N–C) groups is 1. The van der Waals surface area contributed by atoms with Crippen LogP contribution >= 0.6 is 0 Å². The summed E-state index contributed by atoms with van der Waals surface area (Å²) < 4.78 is 0. The van der Waals surface area contributed by atoms with E-state index in [0.717, 1.165) is 0 Å². The van der Waals surface area contributed by atoms with Crippen LogP contribution in [-0.4, -0.2) is 89.6 Å². The number of nitrogens with zero attached hydrogens (tertiary/aromatic N) is 1. The fourth-order valence-electron chi connectivity index (χ4n) is 3.33. The maximum Gasteiger partial charge on any atom is 0.326 e. The van der Waals surface area contributed by atoms with E-state index in [1.54, 1.807) is 0 Å². The smallest absolute Gasteiger partial charge is 0.326 e. The minimum atomic E-state index is -1.36. The number of carbonyl (C=O) groups excluding carboxylic acids is 4. The van der Waals surface area contributed by atoms with Crippen LogP contribution in [0.2, 0.25) is 0 Å². The average molecular weight is 545 g/mol. The molecule has 0 radical (unpaired) electrons. The van der Waals surface area contributed by atoms with Crippen molar-refractivity contribution >= 4 is 35.6 Å². The van der Waals surface area contributed by atoms with Gasteiger partial charge in [0.2, 0.25) is 23.6 Å². The van der Waals surface area contributed by atoms with E-state index in [9.17, 15) is 34.2 Å². The molecule has 0 aromatic rings. The third-order valence-corrected chi connectivity index (χ3v) is 5.22. The summed E-state index contributed by atoms with van der Waals surface area (Å²) >= 11 is 0. The Kier molecular flexibility index (Phi) is 16.3. The summed E-state index contributed by atoms with van der Waals surface area (Å²) in [5, 5.41) is 28.4. The van der Waals surface area contributed by atoms with Crippen molar-refractivity contribution in [3.05, 3.63) is 0 Å². The Balaban J connectivity index is 4.95. The molecule has 0 aromatic carbocycles. The molecule has 38 heavy (non-hydrogen) atoms. The first-order valence-corrected chi connectivity index (χ1v) is 12.5. The Bertz CT molecular complexity index is 831. The van der Waals surface area contributed by atoms with E-state index in [2.05, 4.69) is 26.3 Å². The summed E-state index contributed by atoms with van der Waals surface area (Å²) in [6.07, 6.45) is 1.09. The number of carboxylic acid groups (broad SMARTS) is 1. The number of hydrogen-bond donors (Lipinski definition) is 9. The van der Waals surface area contributed by atoms with E-state index in [1.807, 2.05) is 27.7 Å². The van der Waals surface area contributed by atoms with Crippen molar-refractivity contribution in [3.8, 4) is 0 Å². The van der Waals surface area contributed by atoms with E-state index >= 15 is 0 Å². The fraction of sp³-hybridized carbons (Fsp3) is 0.739. The molecule has 0 rings (SSSR count). The van der Waals surface area contributed by atoms with E-state index < -0.39 is 66.9 Å². The van der Waals surface area contributed by atoms with Gasteiger partial charge in [-0.15, -0.1) is 0 Å². The number of hydrogen-bond acceptors (Lipinski definition) is 8. The topological polar surface area (TPSA) is 264 Å². The van der Waals surface area contributed by atoms with Gasteiger partial charge in [0.05, 0.1) is 19.2 Å². The SMILES string of the molecule is CC(C)C[C@H](NC(=O)[C@H](CC(C)C)NC(=O)CNC(=O)[C@H](CO)NC(=O)[C@@H](N)CCCN=C(N)N)C(=O)O. The zero-order valence-electron chi connectivity index (χ0n) is 22.5. The maximum absolute atomic E-state index is 12.7. The number of amides is 4. The number of aliphatic hydroxyl groups excluding tert-OH is 1. The largest absolute Gasteiger partial charge is 0.480 e. The number of guanidine groups is 1. The predicted molar refractivity (Wildman–Crippen MR) is 140 cm³/mol. The molecular formula is C23H44N8O7. The molecule has 0 aliphatic heterocycles. The monoisotopic (exact) mass is 544 g/mol. The number of nitrogens with two attached hydrogens (primary N) is 3. The summed E-state index contributed by atoms with van der Waals surface area (Å²) in [6, 6.07) is -4.48. The standard InChI is InChI=1S/C23H44N8O7/c1-12(2)8-15(21(36)30-16(22(37)38)9-13(3)4)29-18(33)10-28-20(35)17(11-32)31-19(34)14(24)6-5-7-27-23(25)26/h12-17,32H,5-11,24H2,1-4H3,(H,28,35)(H,29,33)(H,30,36)(H,31,34)(H,37,38)(H4,25,26,27)/t14-,15-,16-,17-/m0/s1. The third kappa shape index (κ3) is 14.9. The minimum absolute atomic E-state index is 0.00771. The van der Waals surface area contributed by atoms with Gasteiger partial charge in [-0.1, -0.05) is 27.7 Å². The van der Waals surface area contributed by atoms with E-state index in [4.69, 9.17) is 17.2 Å². The molecule has 15 heteroatoms. The second-order valence-electron chi connectivity index (χ2n) is 9.80. The van der Waals surface area contributed by atoms with Crippen molar-refractivity contribution in [2.75, 3.05) is 19.7 Å². The summed E-state index contributed by atoms with van der Waals surface area (Å²) in [5.41, 5.74) is 16.2. The van der Waals surface area contributed by atoms with Crippen molar-refractivity contribution in [2.45, 2.75) is 77.5 Å². The number of rotatable bonds is 18. The molecule has 0 saturated heterocycles. The van der Waals surface area contributed by atoms with Crippen molar-refractivity contribution in [1.82, 2.24) is 21.3 Å². The highest BCUT2D eigenvalue weighted by molar-refractivity contribution is 5.94. The Morgan fingerprint density at radius 3 is 1.87 bits per heavy atom. The van der Waals surface area contributed by atoms with Crippen molar-refractivity contribution in [2.24, 2.45) is 34.0 Å². The fourth-order valence-corrected chi connectivity index (χ4v) is 3.33. The van der Waals surface area contributed by atoms with Crippen LogP contribution < -0.4 is 38.5 Å². The predicted octanol–water partition coefficient (Wildman–Crippen LogP) is -2.89. The Morgan fingerprint density at radius 1 is 0.816 bits per heavy atom. The summed E-state index contributed by atoms with van der Waals surface area (Å²) in [7, 11) is 0. The van der Waals surface area contributed by atoms with Crippen LogP contribution in [0.1, 0.15) is 53.4 Å². The number of carboxylic acids is 1. The molecule has 0 fully saturated rings. The molecule has 4 amide bonds. The summed E-state index contributed by atoms with van der Waals surface area (Å²) in [4.78, 5) is 65.1. The molecule has 0 spiro atoms. The van der Waals surface area contributed by atoms with Crippen molar-refractivity contribution in [3.63, 3.8) is 0 Å². The average Bonchev–Trinajstić information content (AvgIpc) is 2.81. The first kappa shape index (κ1) is 34.5. The van der Waals surface area contributed by atoms with Crippen LogP contribution in [0.4, 0.5) is 0 Å². The minimum Gasteiger partial charge on any atom is -0.480 e. The van der Waals surface area contributed by atoms with Crippen molar-refractivity contribution in [1.29, 1.82) is 0 Å². The van der Waals surface area contributed by atoms with Crippen LogP contribution in [0.5, 0.6) is 0 Å². The second kappa shape index (κ2) is 17.9. The van der Waals surface area contributed by atoms with E-state index in [0.29, 0.717) is 6.42 Å². The number of aliphatic hydroxyl groups is 1. The van der Waals surface area contributed by atoms with E-state index in [-0.39, 0.29) is 43.6 Å². The maximum atomic E-state index is 12.7. The highest BCUT2D eigenvalue weighted by Gasteiger charge is 2.28. The molecule has 218 valence electrons. The molecule has 0 unspecified atom stereocenters. The Labute approximate surface area is 222 Å². The molecule has 0 aliphatic rings. The quantitative estimate of drug-likeness (QED) is 0.0483. The van der Waals surface area contributed by atoms with Gasteiger partial charge < -0.3 is 48.7 Å². The first-order chi connectivity index (χ1) is 17.7. The Hall–Kier alpha value is -3.46. The lowest BCUT2D eigenvalue weighted by Crippen LogP contribution is -2.56. The van der Waals surface area contributed by atoms with Crippen LogP contribution in [0.15, 0.2) is 4.99 Å². The molecule has 0 saturated carbocycles. The van der Waals surface area contributed by atoms with Gasteiger partial charge in [-0.25, -0.2) is 4.79 Å². The van der Waals surface area contributed by atoms with Crippen LogP contribution in [-0.2, 0) is 24.0 Å². The lowest BCUT2D eigenvalue weighted by molar-refractivity contribution is -0.142. The normalized spacial score (nSPS) is 14.1. The highest BCUT2D eigenvalue weighted by Crippen LogP contribution is 2.09. The van der Waals surface area contributed by atoms with Gasteiger partial charge in [-0.3, -0.25) is 24.2 Å². The lowest BCUT2D eigenvalue weighted by Gasteiger charge is -2.24.